The SMILES string of the molecule is O=C(Nc1cnns1)c1cc(C(F)(F)F)cnc1Oc1ccc(OC(F)(F)F)cc1Cl. The van der Waals surface area contributed by atoms with Crippen molar-refractivity contribution in [1.82, 2.24) is 14.6 Å². The fraction of sp³-hybridized carbons (Fsp3) is 0.125. The molecule has 0 atom stereocenters. The van der Waals surface area contributed by atoms with Gasteiger partial charge in [-0.2, -0.15) is 13.2 Å². The molecule has 1 amide bonds. The third-order valence-corrected chi connectivity index (χ3v) is 4.24. The Kier molecular flexibility index (Phi) is 6.22. The van der Waals surface area contributed by atoms with Gasteiger partial charge < -0.3 is 14.8 Å². The van der Waals surface area contributed by atoms with Crippen LogP contribution in [0.3, 0.4) is 0 Å². The molecule has 0 saturated heterocycles. The summed E-state index contributed by atoms with van der Waals surface area (Å²) in [5, 5.41) is 5.53. The van der Waals surface area contributed by atoms with Crippen molar-refractivity contribution in [2.75, 3.05) is 5.32 Å². The minimum absolute atomic E-state index is 0.139. The molecule has 0 radical (unpaired) electrons. The fourth-order valence-corrected chi connectivity index (χ4v) is 2.74. The minimum atomic E-state index is -4.96. The van der Waals surface area contributed by atoms with E-state index in [9.17, 15) is 31.1 Å². The summed E-state index contributed by atoms with van der Waals surface area (Å²) in [6.07, 6.45) is -8.17. The highest BCUT2D eigenvalue weighted by Gasteiger charge is 2.34. The predicted molar refractivity (Wildman–Crippen MR) is 95.3 cm³/mol. The number of pyridine rings is 1. The van der Waals surface area contributed by atoms with Crippen molar-refractivity contribution >= 4 is 34.0 Å². The lowest BCUT2D eigenvalue weighted by atomic mass is 10.1. The van der Waals surface area contributed by atoms with E-state index in [2.05, 4.69) is 24.6 Å². The van der Waals surface area contributed by atoms with Crippen molar-refractivity contribution < 1.29 is 40.6 Å². The lowest BCUT2D eigenvalue weighted by Crippen LogP contribution is -2.17. The Hall–Kier alpha value is -3.13. The molecular formula is C16H7ClF6N4O3S. The van der Waals surface area contributed by atoms with Crippen molar-refractivity contribution in [3.05, 3.63) is 52.8 Å². The summed E-state index contributed by atoms with van der Waals surface area (Å²) >= 11 is 6.63. The zero-order chi connectivity index (χ0) is 22.8. The smallest absolute Gasteiger partial charge is 0.437 e. The molecule has 0 unspecified atom stereocenters. The van der Waals surface area contributed by atoms with Gasteiger partial charge >= 0.3 is 12.5 Å². The number of carbonyl (C=O) groups excluding carboxylic acids is 1. The highest BCUT2D eigenvalue weighted by Crippen LogP contribution is 2.37. The first-order valence-corrected chi connectivity index (χ1v) is 8.96. The van der Waals surface area contributed by atoms with Gasteiger partial charge in [0.15, 0.2) is 0 Å². The summed E-state index contributed by atoms with van der Waals surface area (Å²) in [4.78, 5) is 16.0. The number of anilines is 1. The number of aromatic nitrogens is 3. The first-order chi connectivity index (χ1) is 14.4. The second-order valence-electron chi connectivity index (χ2n) is 5.55. The number of benzene rings is 1. The Morgan fingerprint density at radius 2 is 1.84 bits per heavy atom. The lowest BCUT2D eigenvalue weighted by Gasteiger charge is -2.14. The van der Waals surface area contributed by atoms with E-state index in [0.717, 1.165) is 29.7 Å². The van der Waals surface area contributed by atoms with Crippen molar-refractivity contribution in [2.24, 2.45) is 0 Å². The van der Waals surface area contributed by atoms with Gasteiger partial charge in [-0.15, -0.1) is 18.3 Å². The average molecular weight is 485 g/mol. The zero-order valence-electron chi connectivity index (χ0n) is 14.6. The van der Waals surface area contributed by atoms with Gasteiger partial charge in [0.1, 0.15) is 22.1 Å². The zero-order valence-corrected chi connectivity index (χ0v) is 16.2. The molecule has 0 fully saturated rings. The van der Waals surface area contributed by atoms with E-state index >= 15 is 0 Å². The molecule has 0 spiro atoms. The van der Waals surface area contributed by atoms with Crippen molar-refractivity contribution in [1.29, 1.82) is 0 Å². The minimum Gasteiger partial charge on any atom is -0.437 e. The maximum atomic E-state index is 13.1. The topological polar surface area (TPSA) is 86.2 Å². The van der Waals surface area contributed by atoms with E-state index < -0.39 is 41.2 Å². The molecule has 31 heavy (non-hydrogen) atoms. The number of halogens is 7. The Bertz CT molecular complexity index is 1090. The molecule has 1 N–H and O–H groups in total. The molecule has 0 bridgehead atoms. The summed E-state index contributed by atoms with van der Waals surface area (Å²) in [5.41, 5.74) is -1.85. The quantitative estimate of drug-likeness (QED) is 0.478. The van der Waals surface area contributed by atoms with Crippen LogP contribution in [0.15, 0.2) is 36.7 Å². The van der Waals surface area contributed by atoms with Crippen LogP contribution < -0.4 is 14.8 Å². The Balaban J connectivity index is 1.94. The van der Waals surface area contributed by atoms with E-state index in [4.69, 9.17) is 16.3 Å². The molecule has 0 saturated carbocycles. The third kappa shape index (κ3) is 5.95. The second-order valence-corrected chi connectivity index (χ2v) is 6.75. The van der Waals surface area contributed by atoms with Gasteiger partial charge in [-0.05, 0) is 18.2 Å². The molecule has 15 heteroatoms. The van der Waals surface area contributed by atoms with Crippen LogP contribution in [0, 0.1) is 0 Å². The summed E-state index contributed by atoms with van der Waals surface area (Å²) in [7, 11) is 0. The van der Waals surface area contributed by atoms with Crippen LogP contribution in [0.5, 0.6) is 17.4 Å². The van der Waals surface area contributed by atoms with Crippen LogP contribution >= 0.6 is 23.1 Å². The predicted octanol–water partition coefficient (Wildman–Crippen LogP) is 5.55. The summed E-state index contributed by atoms with van der Waals surface area (Å²) in [5.74, 6) is -2.53. The molecule has 2 heterocycles. The normalized spacial score (nSPS) is 11.8. The Labute approximate surface area is 177 Å². The Morgan fingerprint density at radius 1 is 1.10 bits per heavy atom. The van der Waals surface area contributed by atoms with Crippen LogP contribution in [0.2, 0.25) is 5.02 Å². The van der Waals surface area contributed by atoms with Crippen molar-refractivity contribution in [3.63, 3.8) is 0 Å². The van der Waals surface area contributed by atoms with Gasteiger partial charge in [0, 0.05) is 23.8 Å². The summed E-state index contributed by atoms with van der Waals surface area (Å²) in [6, 6.07) is 3.11. The van der Waals surface area contributed by atoms with Gasteiger partial charge in [0.2, 0.25) is 5.88 Å². The van der Waals surface area contributed by atoms with Gasteiger partial charge in [-0.3, -0.25) is 4.79 Å². The van der Waals surface area contributed by atoms with Crippen LogP contribution in [0.25, 0.3) is 0 Å². The number of ether oxygens (including phenoxy) is 2. The maximum absolute atomic E-state index is 13.1. The van der Waals surface area contributed by atoms with Crippen LogP contribution in [-0.2, 0) is 6.18 Å². The molecule has 7 nitrogen and oxygen atoms in total. The number of hydrogen-bond donors (Lipinski definition) is 1. The summed E-state index contributed by atoms with van der Waals surface area (Å²) in [6.45, 7) is 0. The van der Waals surface area contributed by atoms with E-state index in [-0.39, 0.29) is 15.8 Å². The number of nitrogens with zero attached hydrogens (tertiary/aromatic N) is 3. The number of nitrogens with one attached hydrogen (secondary N) is 1. The van der Waals surface area contributed by atoms with Gasteiger partial charge in [-0.1, -0.05) is 16.1 Å². The maximum Gasteiger partial charge on any atom is 0.573 e. The summed E-state index contributed by atoms with van der Waals surface area (Å²) < 4.78 is 88.6. The highest BCUT2D eigenvalue weighted by molar-refractivity contribution is 7.10. The molecular weight excluding hydrogens is 478 g/mol. The Morgan fingerprint density at radius 3 is 2.42 bits per heavy atom. The van der Waals surface area contributed by atoms with Crippen LogP contribution in [-0.4, -0.2) is 26.8 Å². The molecule has 0 aliphatic carbocycles. The monoisotopic (exact) mass is 484 g/mol. The highest BCUT2D eigenvalue weighted by atomic mass is 35.5. The van der Waals surface area contributed by atoms with E-state index in [1.54, 1.807) is 0 Å². The molecule has 0 aliphatic rings. The van der Waals surface area contributed by atoms with E-state index in [1.165, 1.54) is 6.20 Å². The van der Waals surface area contributed by atoms with Gasteiger partial charge in [0.05, 0.1) is 16.8 Å². The number of alkyl halides is 6. The largest absolute Gasteiger partial charge is 0.573 e. The molecule has 3 rings (SSSR count). The molecule has 3 aromatic rings. The fourth-order valence-electron chi connectivity index (χ4n) is 2.12. The second kappa shape index (κ2) is 8.55. The van der Waals surface area contributed by atoms with Crippen molar-refractivity contribution in [2.45, 2.75) is 12.5 Å². The van der Waals surface area contributed by atoms with E-state index in [1.807, 2.05) is 0 Å². The van der Waals surface area contributed by atoms with Crippen LogP contribution in [0.4, 0.5) is 31.3 Å². The molecule has 164 valence electrons. The number of carbonyl (C=O) groups is 1. The lowest BCUT2D eigenvalue weighted by molar-refractivity contribution is -0.274. The van der Waals surface area contributed by atoms with Gasteiger partial charge in [-0.25, -0.2) is 4.98 Å². The van der Waals surface area contributed by atoms with Crippen molar-refractivity contribution in [3.8, 4) is 17.4 Å². The molecule has 1 aromatic carbocycles. The first kappa shape index (κ1) is 22.6. The standard InChI is InChI=1S/C16H7ClF6N4O3S/c17-10-4-8(30-16(21,22)23)1-2-11(10)29-14-9(3-7(5-24-14)15(18,19)20)13(28)26-12-6-25-27-31-12/h1-6H,(H,26,28). The average Bonchev–Trinajstić information content (AvgIpc) is 3.15. The van der Waals surface area contributed by atoms with Crippen LogP contribution in [0.1, 0.15) is 15.9 Å². The van der Waals surface area contributed by atoms with Gasteiger partial charge in [0.25, 0.3) is 5.91 Å². The molecule has 2 aromatic heterocycles. The number of rotatable bonds is 5. The molecule has 0 aliphatic heterocycles. The number of amides is 1. The van der Waals surface area contributed by atoms with E-state index in [0.29, 0.717) is 12.3 Å². The first-order valence-electron chi connectivity index (χ1n) is 7.81. The third-order valence-electron chi connectivity index (χ3n) is 3.36. The number of hydrogen-bond acceptors (Lipinski definition) is 7.